The molecule has 1 aromatic carbocycles. The Balaban J connectivity index is 2.17. The lowest BCUT2D eigenvalue weighted by molar-refractivity contribution is -0.117. The molecule has 4 heteroatoms. The predicted molar refractivity (Wildman–Crippen MR) is 71.7 cm³/mol. The van der Waals surface area contributed by atoms with Gasteiger partial charge in [-0.05, 0) is 31.0 Å². The number of ketones is 2. The smallest absolute Gasteiger partial charge is 0.228 e. The van der Waals surface area contributed by atoms with Gasteiger partial charge in [-0.1, -0.05) is 13.8 Å². The third-order valence-corrected chi connectivity index (χ3v) is 3.00. The summed E-state index contributed by atoms with van der Waals surface area (Å²) in [7, 11) is 0. The molecule has 0 aliphatic heterocycles. The van der Waals surface area contributed by atoms with Crippen molar-refractivity contribution < 1.29 is 9.59 Å². The third-order valence-electron chi connectivity index (χ3n) is 3.00. The van der Waals surface area contributed by atoms with Gasteiger partial charge in [0.15, 0.2) is 0 Å². The maximum Gasteiger partial charge on any atom is 0.228 e. The first kappa shape index (κ1) is 12.6. The zero-order chi connectivity index (χ0) is 13.3. The minimum absolute atomic E-state index is 0.289. The zero-order valence-electron chi connectivity index (χ0n) is 10.7. The fourth-order valence-electron chi connectivity index (χ4n) is 1.69. The highest BCUT2D eigenvalue weighted by atomic mass is 16.2. The largest absolute Gasteiger partial charge is 0.397 e. The molecule has 1 aliphatic rings. The zero-order valence-corrected chi connectivity index (χ0v) is 10.7. The van der Waals surface area contributed by atoms with E-state index in [1.54, 1.807) is 32.0 Å². The van der Waals surface area contributed by atoms with Gasteiger partial charge in [0.2, 0.25) is 11.6 Å². The van der Waals surface area contributed by atoms with Crippen molar-refractivity contribution in [3.63, 3.8) is 0 Å². The van der Waals surface area contributed by atoms with Crippen LogP contribution in [0.2, 0.25) is 0 Å². The SMILES string of the molecule is CC(C)C(=O)C(=O)c1ccc(NC2CC2)c(N)c1. The minimum atomic E-state index is -0.463. The highest BCUT2D eigenvalue weighted by molar-refractivity contribution is 6.44. The van der Waals surface area contributed by atoms with Crippen LogP contribution in [0.15, 0.2) is 18.2 Å². The Morgan fingerprint density at radius 3 is 2.50 bits per heavy atom. The van der Waals surface area contributed by atoms with E-state index < -0.39 is 5.78 Å². The predicted octanol–water partition coefficient (Wildman–Crippen LogP) is 2.25. The molecule has 2 rings (SSSR count). The van der Waals surface area contributed by atoms with Gasteiger partial charge in [-0.2, -0.15) is 0 Å². The van der Waals surface area contributed by atoms with Gasteiger partial charge in [-0.15, -0.1) is 0 Å². The first-order valence-electron chi connectivity index (χ1n) is 6.23. The van der Waals surface area contributed by atoms with Gasteiger partial charge >= 0.3 is 0 Å². The van der Waals surface area contributed by atoms with Gasteiger partial charge < -0.3 is 11.1 Å². The summed E-state index contributed by atoms with van der Waals surface area (Å²) in [6.45, 7) is 3.43. The molecule has 0 bridgehead atoms. The Labute approximate surface area is 107 Å². The van der Waals surface area contributed by atoms with Gasteiger partial charge in [-0.25, -0.2) is 0 Å². The molecule has 1 fully saturated rings. The molecule has 0 amide bonds. The number of carbonyl (C=O) groups excluding carboxylic acids is 2. The molecule has 0 unspecified atom stereocenters. The van der Waals surface area contributed by atoms with E-state index in [4.69, 9.17) is 5.73 Å². The average Bonchev–Trinajstić information content (AvgIpc) is 3.13. The van der Waals surface area contributed by atoms with Crippen LogP contribution in [0.4, 0.5) is 11.4 Å². The first-order chi connectivity index (χ1) is 8.49. The van der Waals surface area contributed by atoms with Crippen LogP contribution < -0.4 is 11.1 Å². The summed E-state index contributed by atoms with van der Waals surface area (Å²) < 4.78 is 0. The molecule has 0 heterocycles. The molecule has 1 aromatic rings. The van der Waals surface area contributed by atoms with Crippen molar-refractivity contribution in [3.8, 4) is 0 Å². The van der Waals surface area contributed by atoms with Crippen molar-refractivity contribution in [2.75, 3.05) is 11.1 Å². The average molecular weight is 246 g/mol. The summed E-state index contributed by atoms with van der Waals surface area (Å²) in [5.41, 5.74) is 7.61. The van der Waals surface area contributed by atoms with Crippen LogP contribution >= 0.6 is 0 Å². The quantitative estimate of drug-likeness (QED) is 0.475. The summed E-state index contributed by atoms with van der Waals surface area (Å²) in [6.07, 6.45) is 2.32. The molecule has 18 heavy (non-hydrogen) atoms. The number of nitrogens with one attached hydrogen (secondary N) is 1. The molecule has 1 aliphatic carbocycles. The molecule has 96 valence electrons. The maximum atomic E-state index is 11.9. The van der Waals surface area contributed by atoms with E-state index in [2.05, 4.69) is 5.32 Å². The van der Waals surface area contributed by atoms with Gasteiger partial charge in [0.25, 0.3) is 0 Å². The maximum absolute atomic E-state index is 11.9. The molecule has 3 N–H and O–H groups in total. The van der Waals surface area contributed by atoms with E-state index in [0.29, 0.717) is 17.3 Å². The summed E-state index contributed by atoms with van der Waals surface area (Å²) in [5, 5.41) is 3.28. The number of benzene rings is 1. The first-order valence-corrected chi connectivity index (χ1v) is 6.23. The molecule has 0 radical (unpaired) electrons. The summed E-state index contributed by atoms with van der Waals surface area (Å²) >= 11 is 0. The van der Waals surface area contributed by atoms with Crippen LogP contribution in [-0.4, -0.2) is 17.6 Å². The van der Waals surface area contributed by atoms with E-state index >= 15 is 0 Å². The fourth-order valence-corrected chi connectivity index (χ4v) is 1.69. The number of Topliss-reactive ketones (excluding diaryl/α,β-unsaturated/α-hetero) is 2. The molecule has 0 saturated heterocycles. The van der Waals surface area contributed by atoms with E-state index in [0.717, 1.165) is 18.5 Å². The van der Waals surface area contributed by atoms with Crippen molar-refractivity contribution >= 4 is 22.9 Å². The van der Waals surface area contributed by atoms with Crippen LogP contribution in [0, 0.1) is 5.92 Å². The van der Waals surface area contributed by atoms with Crippen LogP contribution in [-0.2, 0) is 4.79 Å². The Morgan fingerprint density at radius 1 is 1.33 bits per heavy atom. The van der Waals surface area contributed by atoms with Crippen molar-refractivity contribution in [1.29, 1.82) is 0 Å². The number of hydrogen-bond acceptors (Lipinski definition) is 4. The Kier molecular flexibility index (Phi) is 3.36. The van der Waals surface area contributed by atoms with Crippen LogP contribution in [0.25, 0.3) is 0 Å². The lowest BCUT2D eigenvalue weighted by Gasteiger charge is -2.10. The molecule has 1 saturated carbocycles. The van der Waals surface area contributed by atoms with Crippen LogP contribution in [0.3, 0.4) is 0 Å². The number of nitrogen functional groups attached to an aromatic ring is 1. The van der Waals surface area contributed by atoms with Gasteiger partial charge in [-0.3, -0.25) is 9.59 Å². The summed E-state index contributed by atoms with van der Waals surface area (Å²) in [5.74, 6) is -1.13. The molecule has 4 nitrogen and oxygen atoms in total. The number of anilines is 2. The lowest BCUT2D eigenvalue weighted by Crippen LogP contribution is -2.20. The van der Waals surface area contributed by atoms with E-state index in [-0.39, 0.29) is 11.7 Å². The second-order valence-corrected chi connectivity index (χ2v) is 5.07. The van der Waals surface area contributed by atoms with Crippen molar-refractivity contribution in [3.05, 3.63) is 23.8 Å². The summed E-state index contributed by atoms with van der Waals surface area (Å²) in [4.78, 5) is 23.5. The van der Waals surface area contributed by atoms with E-state index in [1.807, 2.05) is 0 Å². The number of hydrogen-bond donors (Lipinski definition) is 2. The number of nitrogens with two attached hydrogens (primary N) is 1. The highest BCUT2D eigenvalue weighted by Gasteiger charge is 2.23. The summed E-state index contributed by atoms with van der Waals surface area (Å²) in [6, 6.07) is 5.51. The monoisotopic (exact) mass is 246 g/mol. The van der Waals surface area contributed by atoms with Crippen molar-refractivity contribution in [2.24, 2.45) is 5.92 Å². The number of carbonyl (C=O) groups is 2. The van der Waals surface area contributed by atoms with Gasteiger partial charge in [0.1, 0.15) is 0 Å². The normalized spacial score (nSPS) is 14.6. The molecule has 0 atom stereocenters. The second-order valence-electron chi connectivity index (χ2n) is 5.07. The number of rotatable bonds is 5. The second kappa shape index (κ2) is 4.80. The lowest BCUT2D eigenvalue weighted by atomic mass is 9.99. The Morgan fingerprint density at radius 2 is 2.00 bits per heavy atom. The molecule has 0 spiro atoms. The third kappa shape index (κ3) is 2.70. The van der Waals surface area contributed by atoms with Crippen molar-refractivity contribution in [1.82, 2.24) is 0 Å². The van der Waals surface area contributed by atoms with Gasteiger partial charge in [0, 0.05) is 17.5 Å². The van der Waals surface area contributed by atoms with Gasteiger partial charge in [0.05, 0.1) is 11.4 Å². The molecule has 0 aromatic heterocycles. The highest BCUT2D eigenvalue weighted by Crippen LogP contribution is 2.28. The minimum Gasteiger partial charge on any atom is -0.397 e. The fraction of sp³-hybridized carbons (Fsp3) is 0.429. The Hall–Kier alpha value is -1.84. The van der Waals surface area contributed by atoms with Crippen LogP contribution in [0.1, 0.15) is 37.0 Å². The molecular formula is C14H18N2O2. The van der Waals surface area contributed by atoms with E-state index in [9.17, 15) is 9.59 Å². The van der Waals surface area contributed by atoms with E-state index in [1.165, 1.54) is 0 Å². The van der Waals surface area contributed by atoms with Crippen LogP contribution in [0.5, 0.6) is 0 Å². The Bertz CT molecular complexity index is 491. The standard InChI is InChI=1S/C14H18N2O2/c1-8(2)13(17)14(18)9-3-6-12(11(15)7-9)16-10-4-5-10/h3,6-8,10,16H,4-5,15H2,1-2H3. The topological polar surface area (TPSA) is 72.2 Å². The van der Waals surface area contributed by atoms with Crippen molar-refractivity contribution in [2.45, 2.75) is 32.7 Å². The molecular weight excluding hydrogens is 228 g/mol.